The molecule has 2 atom stereocenters. The van der Waals surface area contributed by atoms with Crippen molar-refractivity contribution in [3.63, 3.8) is 0 Å². The van der Waals surface area contributed by atoms with Crippen molar-refractivity contribution in [1.82, 2.24) is 4.90 Å². The molecule has 0 spiro atoms. The lowest BCUT2D eigenvalue weighted by Crippen LogP contribution is -2.47. The number of hydrogen-bond donors (Lipinski definition) is 1. The van der Waals surface area contributed by atoms with E-state index in [-0.39, 0.29) is 18.5 Å². The largest absolute Gasteiger partial charge is 0.334 e. The number of halogens is 1. The average Bonchev–Trinajstić information content (AvgIpc) is 2.48. The second kappa shape index (κ2) is 7.22. The highest BCUT2D eigenvalue weighted by Crippen LogP contribution is 2.26. The Balaban J connectivity index is 2.21. The number of carbonyl (C=O) groups is 1. The fourth-order valence-corrected chi connectivity index (χ4v) is 3.61. The number of thioether (sulfide) groups is 1. The van der Waals surface area contributed by atoms with Gasteiger partial charge in [-0.3, -0.25) is 4.79 Å². The molecular formula is C16H19ClN2OS. The van der Waals surface area contributed by atoms with Gasteiger partial charge in [-0.15, -0.1) is 0 Å². The molecule has 5 heteroatoms. The summed E-state index contributed by atoms with van der Waals surface area (Å²) >= 11 is 8.10. The molecule has 0 aliphatic carbocycles. The van der Waals surface area contributed by atoms with Gasteiger partial charge in [0.2, 0.25) is 0 Å². The summed E-state index contributed by atoms with van der Waals surface area (Å²) in [7, 11) is 0. The third kappa shape index (κ3) is 3.74. The van der Waals surface area contributed by atoms with Gasteiger partial charge in [0.1, 0.15) is 0 Å². The average molecular weight is 323 g/mol. The van der Waals surface area contributed by atoms with Gasteiger partial charge in [0.25, 0.3) is 5.91 Å². The third-order valence-corrected chi connectivity index (χ3v) is 5.34. The molecule has 0 radical (unpaired) electrons. The SMILES string of the molecule is CC1SCCN(C(=O)c2ccc(C#CCN)c(Cl)c2)C1C. The van der Waals surface area contributed by atoms with Crippen LogP contribution in [-0.2, 0) is 0 Å². The van der Waals surface area contributed by atoms with Crippen LogP contribution < -0.4 is 5.73 Å². The van der Waals surface area contributed by atoms with Crippen molar-refractivity contribution >= 4 is 29.3 Å². The molecule has 3 nitrogen and oxygen atoms in total. The number of benzene rings is 1. The summed E-state index contributed by atoms with van der Waals surface area (Å²) < 4.78 is 0. The van der Waals surface area contributed by atoms with Crippen LogP contribution in [0, 0.1) is 11.8 Å². The highest BCUT2D eigenvalue weighted by Gasteiger charge is 2.29. The van der Waals surface area contributed by atoms with Crippen LogP contribution in [0.3, 0.4) is 0 Å². The van der Waals surface area contributed by atoms with Gasteiger partial charge >= 0.3 is 0 Å². The summed E-state index contributed by atoms with van der Waals surface area (Å²) in [6.45, 7) is 5.32. The first kappa shape index (κ1) is 16.2. The van der Waals surface area contributed by atoms with Gasteiger partial charge < -0.3 is 10.6 Å². The van der Waals surface area contributed by atoms with E-state index in [1.54, 1.807) is 18.2 Å². The highest BCUT2D eigenvalue weighted by atomic mass is 35.5. The van der Waals surface area contributed by atoms with Gasteiger partial charge in [-0.05, 0) is 25.1 Å². The maximum absolute atomic E-state index is 12.6. The Kier molecular flexibility index (Phi) is 5.58. The normalized spacial score (nSPS) is 21.6. The van der Waals surface area contributed by atoms with Crippen LogP contribution in [0.1, 0.15) is 29.8 Å². The molecule has 1 amide bonds. The fourth-order valence-electron chi connectivity index (χ4n) is 2.28. The fraction of sp³-hybridized carbons (Fsp3) is 0.438. The maximum atomic E-state index is 12.6. The van der Waals surface area contributed by atoms with Crippen molar-refractivity contribution in [2.75, 3.05) is 18.8 Å². The highest BCUT2D eigenvalue weighted by molar-refractivity contribution is 8.00. The van der Waals surface area contributed by atoms with Gasteiger partial charge in [-0.2, -0.15) is 11.8 Å². The van der Waals surface area contributed by atoms with Crippen LogP contribution in [0.5, 0.6) is 0 Å². The van der Waals surface area contributed by atoms with Crippen LogP contribution in [0.4, 0.5) is 0 Å². The van der Waals surface area contributed by atoms with Gasteiger partial charge in [0.05, 0.1) is 11.6 Å². The first-order valence-electron chi connectivity index (χ1n) is 6.95. The van der Waals surface area contributed by atoms with E-state index in [0.717, 1.165) is 12.3 Å². The summed E-state index contributed by atoms with van der Waals surface area (Å²) in [6.07, 6.45) is 0. The summed E-state index contributed by atoms with van der Waals surface area (Å²) in [5.41, 5.74) is 6.67. The molecule has 112 valence electrons. The van der Waals surface area contributed by atoms with E-state index in [4.69, 9.17) is 17.3 Å². The lowest BCUT2D eigenvalue weighted by atomic mass is 10.1. The quantitative estimate of drug-likeness (QED) is 0.808. The summed E-state index contributed by atoms with van der Waals surface area (Å²) in [6, 6.07) is 5.49. The number of rotatable bonds is 1. The Morgan fingerprint density at radius 2 is 2.29 bits per heavy atom. The number of nitrogens with zero attached hydrogens (tertiary/aromatic N) is 1. The minimum absolute atomic E-state index is 0.0369. The lowest BCUT2D eigenvalue weighted by Gasteiger charge is -2.37. The summed E-state index contributed by atoms with van der Waals surface area (Å²) in [4.78, 5) is 14.6. The monoisotopic (exact) mass is 322 g/mol. The molecule has 0 aromatic heterocycles. The molecule has 1 aliphatic rings. The molecule has 2 rings (SSSR count). The van der Waals surface area contributed by atoms with Crippen LogP contribution in [-0.4, -0.2) is 40.9 Å². The number of nitrogens with two attached hydrogens (primary N) is 1. The van der Waals surface area contributed by atoms with Gasteiger partial charge in [-0.25, -0.2) is 0 Å². The van der Waals surface area contributed by atoms with Crippen LogP contribution in [0.15, 0.2) is 18.2 Å². The van der Waals surface area contributed by atoms with Crippen molar-refractivity contribution in [3.05, 3.63) is 34.3 Å². The predicted octanol–water partition coefficient (Wildman–Crippen LogP) is 2.62. The molecule has 0 bridgehead atoms. The molecule has 1 aliphatic heterocycles. The topological polar surface area (TPSA) is 46.3 Å². The van der Waals surface area contributed by atoms with Crippen molar-refractivity contribution in [1.29, 1.82) is 0 Å². The zero-order chi connectivity index (χ0) is 15.4. The number of carbonyl (C=O) groups excluding carboxylic acids is 1. The molecule has 1 saturated heterocycles. The molecule has 21 heavy (non-hydrogen) atoms. The van der Waals surface area contributed by atoms with Crippen LogP contribution >= 0.6 is 23.4 Å². The molecule has 1 fully saturated rings. The lowest BCUT2D eigenvalue weighted by molar-refractivity contribution is 0.0698. The first-order valence-corrected chi connectivity index (χ1v) is 8.38. The standard InChI is InChI=1S/C16H19ClN2OS/c1-11-12(2)21-9-8-19(11)16(20)14-6-5-13(4-3-7-18)15(17)10-14/h5-6,10-12H,7-9,18H2,1-2H3. The first-order chi connectivity index (χ1) is 10.0. The van der Waals surface area contributed by atoms with E-state index in [1.807, 2.05) is 16.7 Å². The van der Waals surface area contributed by atoms with Gasteiger partial charge in [0.15, 0.2) is 0 Å². The van der Waals surface area contributed by atoms with E-state index in [2.05, 4.69) is 25.7 Å². The van der Waals surface area contributed by atoms with Gasteiger partial charge in [-0.1, -0.05) is 30.4 Å². The van der Waals surface area contributed by atoms with Crippen molar-refractivity contribution in [2.45, 2.75) is 25.1 Å². The maximum Gasteiger partial charge on any atom is 0.254 e. The third-order valence-electron chi connectivity index (χ3n) is 3.69. The van der Waals surface area contributed by atoms with E-state index in [1.165, 1.54) is 0 Å². The minimum Gasteiger partial charge on any atom is -0.334 e. The minimum atomic E-state index is 0.0369. The molecule has 2 unspecified atom stereocenters. The second-order valence-corrected chi connectivity index (χ2v) is 6.91. The van der Waals surface area contributed by atoms with E-state index in [9.17, 15) is 4.79 Å². The van der Waals surface area contributed by atoms with Crippen LogP contribution in [0.2, 0.25) is 5.02 Å². The van der Waals surface area contributed by atoms with E-state index < -0.39 is 0 Å². The second-order valence-electron chi connectivity index (χ2n) is 5.02. The smallest absolute Gasteiger partial charge is 0.254 e. The Morgan fingerprint density at radius 3 is 2.95 bits per heavy atom. The zero-order valence-electron chi connectivity index (χ0n) is 12.2. The number of hydrogen-bond acceptors (Lipinski definition) is 3. The number of amides is 1. The predicted molar refractivity (Wildman–Crippen MR) is 89.8 cm³/mol. The van der Waals surface area contributed by atoms with Crippen molar-refractivity contribution < 1.29 is 4.79 Å². The van der Waals surface area contributed by atoms with Crippen molar-refractivity contribution in [2.24, 2.45) is 5.73 Å². The summed E-state index contributed by atoms with van der Waals surface area (Å²) in [5.74, 6) is 6.68. The van der Waals surface area contributed by atoms with E-state index in [0.29, 0.717) is 21.4 Å². The van der Waals surface area contributed by atoms with Crippen LogP contribution in [0.25, 0.3) is 0 Å². The van der Waals surface area contributed by atoms with E-state index >= 15 is 0 Å². The van der Waals surface area contributed by atoms with Gasteiger partial charge in [0, 0.05) is 34.7 Å². The Hall–Kier alpha value is -1.15. The Morgan fingerprint density at radius 1 is 1.52 bits per heavy atom. The molecule has 2 N–H and O–H groups in total. The Labute approximate surface area is 135 Å². The molecule has 1 aromatic carbocycles. The van der Waals surface area contributed by atoms with Crippen molar-refractivity contribution in [3.8, 4) is 11.8 Å². The molecule has 1 aromatic rings. The summed E-state index contributed by atoms with van der Waals surface area (Å²) in [5, 5.41) is 0.946. The molecule has 1 heterocycles. The zero-order valence-corrected chi connectivity index (χ0v) is 13.8. The molecule has 0 saturated carbocycles. The Bertz CT molecular complexity index is 594. The molecular weight excluding hydrogens is 304 g/mol.